The summed E-state index contributed by atoms with van der Waals surface area (Å²) in [6.45, 7) is 3.79. The average Bonchev–Trinajstić information content (AvgIpc) is 2.88. The Morgan fingerprint density at radius 2 is 2.30 bits per heavy atom. The number of sulfonamides is 1. The second kappa shape index (κ2) is 5.17. The van der Waals surface area contributed by atoms with Gasteiger partial charge in [0.25, 0.3) is 10.0 Å². The zero-order valence-corrected chi connectivity index (χ0v) is 12.4. The number of aryl methyl sites for hydroxylation is 1. The van der Waals surface area contributed by atoms with Crippen molar-refractivity contribution >= 4 is 16.0 Å². The molecule has 0 saturated carbocycles. The van der Waals surface area contributed by atoms with Crippen molar-refractivity contribution in [2.75, 3.05) is 13.1 Å². The quantitative estimate of drug-likeness (QED) is 0.858. The van der Waals surface area contributed by atoms with Crippen molar-refractivity contribution in [1.29, 1.82) is 0 Å². The predicted molar refractivity (Wildman–Crippen MR) is 71.7 cm³/mol. The van der Waals surface area contributed by atoms with Gasteiger partial charge in [-0.3, -0.25) is 4.79 Å². The standard InChI is InChI=1S/C12H19N3O4S/c1-3-9-13-7-10(14-9)20(18,19)15-6-4-5-12(2,8-15)11(16)17/h7H,3-6,8H2,1-2H3,(H,13,14)(H,16,17). The van der Waals surface area contributed by atoms with Crippen LogP contribution in [0.4, 0.5) is 0 Å². The van der Waals surface area contributed by atoms with Crippen molar-refractivity contribution in [3.63, 3.8) is 0 Å². The van der Waals surface area contributed by atoms with Crippen LogP contribution >= 0.6 is 0 Å². The Hall–Kier alpha value is -1.41. The van der Waals surface area contributed by atoms with Crippen molar-refractivity contribution in [3.05, 3.63) is 12.0 Å². The summed E-state index contributed by atoms with van der Waals surface area (Å²) in [5, 5.41) is 9.28. The van der Waals surface area contributed by atoms with E-state index in [9.17, 15) is 18.3 Å². The van der Waals surface area contributed by atoms with Gasteiger partial charge < -0.3 is 10.1 Å². The van der Waals surface area contributed by atoms with E-state index < -0.39 is 21.4 Å². The number of nitrogens with one attached hydrogen (secondary N) is 1. The SMILES string of the molecule is CCc1ncc(S(=O)(=O)N2CCCC(C)(C(=O)O)C2)[nH]1. The van der Waals surface area contributed by atoms with Gasteiger partial charge in [-0.2, -0.15) is 4.31 Å². The van der Waals surface area contributed by atoms with Gasteiger partial charge in [-0.1, -0.05) is 6.92 Å². The fourth-order valence-electron chi connectivity index (χ4n) is 2.37. The van der Waals surface area contributed by atoms with Crippen molar-refractivity contribution in [3.8, 4) is 0 Å². The molecule has 1 aromatic rings. The zero-order chi connectivity index (χ0) is 15.0. The van der Waals surface area contributed by atoms with Crippen molar-refractivity contribution in [1.82, 2.24) is 14.3 Å². The van der Waals surface area contributed by atoms with Gasteiger partial charge in [0.15, 0.2) is 5.03 Å². The molecule has 0 radical (unpaired) electrons. The highest BCUT2D eigenvalue weighted by molar-refractivity contribution is 7.89. The molecule has 1 fully saturated rings. The predicted octanol–water partition coefficient (Wildman–Crippen LogP) is 0.847. The van der Waals surface area contributed by atoms with Crippen molar-refractivity contribution < 1.29 is 18.3 Å². The largest absolute Gasteiger partial charge is 0.481 e. The monoisotopic (exact) mass is 301 g/mol. The number of carboxylic acids is 1. The molecule has 1 aliphatic rings. The van der Waals surface area contributed by atoms with Crippen molar-refractivity contribution in [2.45, 2.75) is 38.1 Å². The Labute approximate surface area is 118 Å². The Morgan fingerprint density at radius 3 is 2.85 bits per heavy atom. The fraction of sp³-hybridized carbons (Fsp3) is 0.667. The molecule has 1 atom stereocenters. The smallest absolute Gasteiger partial charge is 0.310 e. The molecule has 1 aliphatic heterocycles. The van der Waals surface area contributed by atoms with Crippen LogP contribution in [-0.4, -0.2) is 46.9 Å². The molecule has 2 N–H and O–H groups in total. The molecule has 0 spiro atoms. The summed E-state index contributed by atoms with van der Waals surface area (Å²) in [7, 11) is -3.70. The van der Waals surface area contributed by atoms with E-state index in [1.54, 1.807) is 6.92 Å². The highest BCUT2D eigenvalue weighted by atomic mass is 32.2. The van der Waals surface area contributed by atoms with E-state index in [0.717, 1.165) is 0 Å². The maximum atomic E-state index is 12.5. The Kier molecular flexibility index (Phi) is 3.88. The third kappa shape index (κ3) is 2.57. The fourth-order valence-corrected chi connectivity index (χ4v) is 3.90. The number of piperidine rings is 1. The first kappa shape index (κ1) is 15.0. The molecular weight excluding hydrogens is 282 g/mol. The van der Waals surface area contributed by atoms with E-state index in [1.807, 2.05) is 6.92 Å². The molecule has 1 aromatic heterocycles. The van der Waals surface area contributed by atoms with Gasteiger partial charge in [-0.25, -0.2) is 13.4 Å². The van der Waals surface area contributed by atoms with Crippen LogP contribution in [0, 0.1) is 5.41 Å². The van der Waals surface area contributed by atoms with Crippen LogP contribution in [0.5, 0.6) is 0 Å². The summed E-state index contributed by atoms with van der Waals surface area (Å²) in [4.78, 5) is 18.1. The summed E-state index contributed by atoms with van der Waals surface area (Å²) in [5.41, 5.74) is -1.03. The minimum Gasteiger partial charge on any atom is -0.481 e. The first-order valence-corrected chi connectivity index (χ1v) is 8.01. The maximum absolute atomic E-state index is 12.5. The van der Waals surface area contributed by atoms with Gasteiger partial charge in [0.1, 0.15) is 5.82 Å². The summed E-state index contributed by atoms with van der Waals surface area (Å²) in [6.07, 6.45) is 2.93. The van der Waals surface area contributed by atoms with Crippen LogP contribution in [0.3, 0.4) is 0 Å². The number of aliphatic carboxylic acids is 1. The summed E-state index contributed by atoms with van der Waals surface area (Å²) in [6, 6.07) is 0. The van der Waals surface area contributed by atoms with Gasteiger partial charge in [0, 0.05) is 19.5 Å². The lowest BCUT2D eigenvalue weighted by molar-refractivity contribution is -0.150. The van der Waals surface area contributed by atoms with E-state index in [1.165, 1.54) is 10.5 Å². The number of carbonyl (C=O) groups is 1. The number of nitrogens with zero attached hydrogens (tertiary/aromatic N) is 2. The number of aromatic amines is 1. The minimum absolute atomic E-state index is 0.00878. The van der Waals surface area contributed by atoms with Gasteiger partial charge >= 0.3 is 5.97 Å². The summed E-state index contributed by atoms with van der Waals surface area (Å²) in [5.74, 6) is -0.363. The van der Waals surface area contributed by atoms with E-state index in [2.05, 4.69) is 9.97 Å². The molecule has 0 amide bonds. The van der Waals surface area contributed by atoms with E-state index in [0.29, 0.717) is 31.6 Å². The van der Waals surface area contributed by atoms with Gasteiger partial charge in [-0.15, -0.1) is 0 Å². The number of carboxylic acid groups (broad SMARTS) is 1. The van der Waals surface area contributed by atoms with Crippen LogP contribution in [0.2, 0.25) is 0 Å². The molecule has 0 aromatic carbocycles. The molecular formula is C12H19N3O4S. The third-order valence-corrected chi connectivity index (χ3v) is 5.49. The first-order valence-electron chi connectivity index (χ1n) is 6.57. The normalized spacial score (nSPS) is 24.7. The molecule has 7 nitrogen and oxygen atoms in total. The third-order valence-electron chi connectivity index (χ3n) is 3.74. The van der Waals surface area contributed by atoms with Crippen LogP contribution in [-0.2, 0) is 21.2 Å². The molecule has 1 saturated heterocycles. The maximum Gasteiger partial charge on any atom is 0.310 e. The van der Waals surface area contributed by atoms with Gasteiger partial charge in [-0.05, 0) is 19.8 Å². The minimum atomic E-state index is -3.70. The van der Waals surface area contributed by atoms with Crippen LogP contribution < -0.4 is 0 Å². The van der Waals surface area contributed by atoms with E-state index >= 15 is 0 Å². The van der Waals surface area contributed by atoms with Crippen LogP contribution in [0.1, 0.15) is 32.5 Å². The topological polar surface area (TPSA) is 103 Å². The highest BCUT2D eigenvalue weighted by Gasteiger charge is 2.42. The summed E-state index contributed by atoms with van der Waals surface area (Å²) >= 11 is 0. The Morgan fingerprint density at radius 1 is 1.60 bits per heavy atom. The van der Waals surface area contributed by atoms with Crippen LogP contribution in [0.25, 0.3) is 0 Å². The molecule has 0 bridgehead atoms. The number of imidazole rings is 1. The lowest BCUT2D eigenvalue weighted by atomic mass is 9.83. The van der Waals surface area contributed by atoms with Gasteiger partial charge in [0.2, 0.25) is 0 Å². The zero-order valence-electron chi connectivity index (χ0n) is 11.6. The second-order valence-electron chi connectivity index (χ2n) is 5.36. The number of H-pyrrole nitrogens is 1. The molecule has 8 heteroatoms. The molecule has 2 rings (SSSR count). The Balaban J connectivity index is 2.27. The highest BCUT2D eigenvalue weighted by Crippen LogP contribution is 2.32. The number of hydrogen-bond acceptors (Lipinski definition) is 4. The van der Waals surface area contributed by atoms with E-state index in [-0.39, 0.29) is 11.6 Å². The molecule has 0 aliphatic carbocycles. The molecule has 20 heavy (non-hydrogen) atoms. The van der Waals surface area contributed by atoms with E-state index in [4.69, 9.17) is 0 Å². The Bertz CT molecular complexity index is 610. The lowest BCUT2D eigenvalue weighted by Crippen LogP contribution is -2.48. The summed E-state index contributed by atoms with van der Waals surface area (Å²) < 4.78 is 26.2. The van der Waals surface area contributed by atoms with Gasteiger partial charge in [0.05, 0.1) is 11.6 Å². The molecule has 1 unspecified atom stereocenters. The number of hydrogen-bond donors (Lipinski definition) is 2. The second-order valence-corrected chi connectivity index (χ2v) is 7.26. The number of aromatic nitrogens is 2. The lowest BCUT2D eigenvalue weighted by Gasteiger charge is -2.36. The first-order chi connectivity index (χ1) is 9.29. The molecule has 112 valence electrons. The average molecular weight is 301 g/mol. The number of rotatable bonds is 4. The van der Waals surface area contributed by atoms with Crippen LogP contribution in [0.15, 0.2) is 11.2 Å². The molecule has 2 heterocycles. The van der Waals surface area contributed by atoms with Crippen molar-refractivity contribution in [2.24, 2.45) is 5.41 Å².